The zero-order chi connectivity index (χ0) is 25.0. The maximum absolute atomic E-state index is 13.1. The van der Waals surface area contributed by atoms with Crippen molar-refractivity contribution in [3.05, 3.63) is 64.5 Å². The van der Waals surface area contributed by atoms with Gasteiger partial charge in [-0.15, -0.1) is 0 Å². The minimum Gasteiger partial charge on any atom is -0.444 e. The van der Waals surface area contributed by atoms with E-state index in [0.29, 0.717) is 17.6 Å². The number of esters is 1. The smallest absolute Gasteiger partial charge is 0.408 e. The molecule has 0 radical (unpaired) electrons. The van der Waals surface area contributed by atoms with Crippen LogP contribution >= 0.6 is 0 Å². The van der Waals surface area contributed by atoms with Crippen LogP contribution in [0.2, 0.25) is 0 Å². The van der Waals surface area contributed by atoms with Crippen molar-refractivity contribution in [1.29, 1.82) is 0 Å². The number of nitrogens with one attached hydrogen (secondary N) is 1. The number of alkyl carbamates (subject to hydrolysis) is 1. The molecule has 2 unspecified atom stereocenters. The Morgan fingerprint density at radius 3 is 2.38 bits per heavy atom. The summed E-state index contributed by atoms with van der Waals surface area (Å²) in [6.07, 6.45) is -0.0508. The lowest BCUT2D eigenvalue weighted by atomic mass is 9.99. The third-order valence-corrected chi connectivity index (χ3v) is 5.55. The quantitative estimate of drug-likeness (QED) is 0.289. The van der Waals surface area contributed by atoms with Crippen LogP contribution in [0.4, 0.5) is 4.79 Å². The van der Waals surface area contributed by atoms with Gasteiger partial charge in [0.2, 0.25) is 0 Å². The van der Waals surface area contributed by atoms with E-state index in [1.807, 2.05) is 44.2 Å². The fraction of sp³-hybridized carbons (Fsp3) is 0.370. The Labute approximate surface area is 199 Å². The predicted octanol–water partition coefficient (Wildman–Crippen LogP) is 5.61. The number of aryl methyl sites for hydroxylation is 1. The number of hydrogen-bond donors (Lipinski definition) is 1. The molecule has 1 N–H and O–H groups in total. The van der Waals surface area contributed by atoms with Crippen molar-refractivity contribution < 1.29 is 23.5 Å². The molecule has 0 saturated carbocycles. The zero-order valence-corrected chi connectivity index (χ0v) is 20.4. The first-order valence-corrected chi connectivity index (χ1v) is 11.3. The van der Waals surface area contributed by atoms with E-state index >= 15 is 0 Å². The van der Waals surface area contributed by atoms with Gasteiger partial charge in [0, 0.05) is 17.0 Å². The van der Waals surface area contributed by atoms with Crippen molar-refractivity contribution >= 4 is 23.0 Å². The molecule has 34 heavy (non-hydrogen) atoms. The van der Waals surface area contributed by atoms with Crippen LogP contribution < -0.4 is 15.7 Å². The summed E-state index contributed by atoms with van der Waals surface area (Å²) in [7, 11) is 0. The van der Waals surface area contributed by atoms with E-state index in [1.54, 1.807) is 39.8 Å². The maximum Gasteiger partial charge on any atom is 0.408 e. The van der Waals surface area contributed by atoms with Crippen LogP contribution in [0.25, 0.3) is 22.1 Å². The Morgan fingerprint density at radius 2 is 1.76 bits per heavy atom. The van der Waals surface area contributed by atoms with Gasteiger partial charge in [-0.05, 0) is 56.9 Å². The molecule has 1 aromatic heterocycles. The highest BCUT2D eigenvalue weighted by Crippen LogP contribution is 2.33. The first-order valence-electron chi connectivity index (χ1n) is 11.3. The monoisotopic (exact) mass is 465 g/mol. The van der Waals surface area contributed by atoms with Gasteiger partial charge >= 0.3 is 17.7 Å². The molecule has 0 aliphatic heterocycles. The van der Waals surface area contributed by atoms with E-state index in [-0.39, 0.29) is 11.7 Å². The van der Waals surface area contributed by atoms with Crippen LogP contribution in [0.3, 0.4) is 0 Å². The molecule has 1 heterocycles. The largest absolute Gasteiger partial charge is 0.444 e. The second-order valence-corrected chi connectivity index (χ2v) is 9.34. The highest BCUT2D eigenvalue weighted by Gasteiger charge is 2.30. The molecular formula is C27H31NO6. The number of fused-ring (bicyclic) bond motifs is 1. The Morgan fingerprint density at radius 1 is 1.09 bits per heavy atom. The number of benzene rings is 2. The van der Waals surface area contributed by atoms with Gasteiger partial charge in [0.25, 0.3) is 0 Å². The molecule has 0 fully saturated rings. The average Bonchev–Trinajstić information content (AvgIpc) is 2.78. The van der Waals surface area contributed by atoms with E-state index in [2.05, 4.69) is 5.32 Å². The van der Waals surface area contributed by atoms with Gasteiger partial charge in [0.15, 0.2) is 0 Å². The number of ether oxygens (including phenoxy) is 2. The van der Waals surface area contributed by atoms with Gasteiger partial charge in [-0.2, -0.15) is 0 Å². The van der Waals surface area contributed by atoms with Crippen LogP contribution in [0.5, 0.6) is 5.75 Å². The molecule has 0 aliphatic carbocycles. The lowest BCUT2D eigenvalue weighted by molar-refractivity contribution is -0.138. The molecule has 2 aromatic carbocycles. The lowest BCUT2D eigenvalue weighted by Gasteiger charge is -2.25. The molecular weight excluding hydrogens is 434 g/mol. The van der Waals surface area contributed by atoms with Crippen molar-refractivity contribution in [2.45, 2.75) is 59.6 Å². The van der Waals surface area contributed by atoms with E-state index in [4.69, 9.17) is 13.9 Å². The molecule has 0 spiro atoms. The van der Waals surface area contributed by atoms with E-state index in [9.17, 15) is 14.4 Å². The number of rotatable bonds is 6. The van der Waals surface area contributed by atoms with Crippen molar-refractivity contribution in [2.24, 2.45) is 5.92 Å². The number of hydrogen-bond acceptors (Lipinski definition) is 6. The second kappa shape index (κ2) is 10.1. The molecule has 7 heteroatoms. The molecule has 7 nitrogen and oxygen atoms in total. The minimum atomic E-state index is -0.905. The molecule has 3 rings (SSSR count). The fourth-order valence-corrected chi connectivity index (χ4v) is 3.59. The van der Waals surface area contributed by atoms with Crippen LogP contribution in [0.15, 0.2) is 57.7 Å². The second-order valence-electron chi connectivity index (χ2n) is 9.34. The van der Waals surface area contributed by atoms with Gasteiger partial charge in [-0.25, -0.2) is 14.4 Å². The minimum absolute atomic E-state index is 0.191. The Bertz CT molecular complexity index is 1240. The van der Waals surface area contributed by atoms with Gasteiger partial charge < -0.3 is 19.2 Å². The topological polar surface area (TPSA) is 94.8 Å². The number of amides is 1. The number of carbonyl (C=O) groups excluding carboxylic acids is 2. The van der Waals surface area contributed by atoms with Crippen molar-refractivity contribution in [3.63, 3.8) is 0 Å². The predicted molar refractivity (Wildman–Crippen MR) is 131 cm³/mol. The summed E-state index contributed by atoms with van der Waals surface area (Å²) in [5.74, 6) is -0.558. The highest BCUT2D eigenvalue weighted by molar-refractivity contribution is 5.96. The molecule has 0 aliphatic rings. The molecule has 2 atom stereocenters. The molecule has 1 amide bonds. The van der Waals surface area contributed by atoms with E-state index in [1.165, 1.54) is 6.07 Å². The fourth-order valence-electron chi connectivity index (χ4n) is 3.59. The van der Waals surface area contributed by atoms with Crippen LogP contribution in [-0.4, -0.2) is 23.7 Å². The van der Waals surface area contributed by atoms with Gasteiger partial charge in [-0.1, -0.05) is 50.6 Å². The standard InChI is InChI=1S/C27H31NO6/c1-7-16(2)23(28-26(31)34-27(4,5)6)25(30)32-21-14-13-19-20(18-11-9-8-10-12-18)15-22(29)33-24(19)17(21)3/h8-16,23H,7H2,1-6H3,(H,28,31). The Balaban J connectivity index is 1.94. The average molecular weight is 466 g/mol. The van der Waals surface area contributed by atoms with E-state index in [0.717, 1.165) is 16.5 Å². The summed E-state index contributed by atoms with van der Waals surface area (Å²) >= 11 is 0. The Kier molecular flexibility index (Phi) is 7.44. The molecule has 0 saturated heterocycles. The first kappa shape index (κ1) is 25.0. The third kappa shape index (κ3) is 5.84. The van der Waals surface area contributed by atoms with Gasteiger partial charge in [0.05, 0.1) is 0 Å². The normalized spacial score (nSPS) is 13.2. The molecule has 0 bridgehead atoms. The maximum atomic E-state index is 13.1. The summed E-state index contributed by atoms with van der Waals surface area (Å²) in [6.45, 7) is 10.7. The van der Waals surface area contributed by atoms with E-state index < -0.39 is 29.3 Å². The SMILES string of the molecule is CCC(C)C(NC(=O)OC(C)(C)C)C(=O)Oc1ccc2c(-c3ccccc3)cc(=O)oc2c1C. The summed E-state index contributed by atoms with van der Waals surface area (Å²) < 4.78 is 16.5. The molecule has 3 aromatic rings. The summed E-state index contributed by atoms with van der Waals surface area (Å²) in [5.41, 5.74) is 1.27. The molecule has 180 valence electrons. The van der Waals surface area contributed by atoms with Crippen LogP contribution in [0.1, 0.15) is 46.6 Å². The van der Waals surface area contributed by atoms with Crippen molar-refractivity contribution in [1.82, 2.24) is 5.32 Å². The van der Waals surface area contributed by atoms with Crippen molar-refractivity contribution in [3.8, 4) is 16.9 Å². The van der Waals surface area contributed by atoms with Crippen molar-refractivity contribution in [2.75, 3.05) is 0 Å². The summed E-state index contributed by atoms with van der Waals surface area (Å²) in [4.78, 5) is 37.7. The highest BCUT2D eigenvalue weighted by atomic mass is 16.6. The van der Waals surface area contributed by atoms with Gasteiger partial charge in [-0.3, -0.25) is 0 Å². The Hall–Kier alpha value is -3.61. The number of carbonyl (C=O) groups is 2. The summed E-state index contributed by atoms with van der Waals surface area (Å²) in [5, 5.41) is 3.36. The lowest BCUT2D eigenvalue weighted by Crippen LogP contribution is -2.48. The van der Waals surface area contributed by atoms with Gasteiger partial charge in [0.1, 0.15) is 23.0 Å². The van der Waals surface area contributed by atoms with Crippen LogP contribution in [0, 0.1) is 12.8 Å². The van der Waals surface area contributed by atoms with Crippen LogP contribution in [-0.2, 0) is 9.53 Å². The summed E-state index contributed by atoms with van der Waals surface area (Å²) in [6, 6.07) is 13.5. The third-order valence-electron chi connectivity index (χ3n) is 5.55. The first-order chi connectivity index (χ1) is 16.0. The zero-order valence-electron chi connectivity index (χ0n) is 20.4.